The Morgan fingerprint density at radius 1 is 1.06 bits per heavy atom. The molecule has 0 radical (unpaired) electrons. The molecule has 0 saturated heterocycles. The van der Waals surface area contributed by atoms with Gasteiger partial charge >= 0.3 is 16.5 Å². The van der Waals surface area contributed by atoms with Gasteiger partial charge in [-0.25, -0.2) is 13.3 Å². The van der Waals surface area contributed by atoms with Crippen LogP contribution in [0.15, 0.2) is 58.1 Å². The smallest absolute Gasteiger partial charge is 0.341 e. The zero-order valence-corrected chi connectivity index (χ0v) is 18.2. The van der Waals surface area contributed by atoms with Crippen molar-refractivity contribution in [3.05, 3.63) is 85.4 Å². The fourth-order valence-corrected chi connectivity index (χ4v) is 3.92. The Morgan fingerprint density at radius 3 is 2.42 bits per heavy atom. The molecule has 1 aromatic heterocycles. The fourth-order valence-electron chi connectivity index (χ4n) is 2.87. The van der Waals surface area contributed by atoms with E-state index < -0.39 is 5.97 Å². The highest BCUT2D eigenvalue weighted by Crippen LogP contribution is 2.18. The van der Waals surface area contributed by atoms with Gasteiger partial charge in [-0.3, -0.25) is 14.4 Å². The van der Waals surface area contributed by atoms with E-state index in [4.69, 9.17) is 16.3 Å². The Balaban J connectivity index is 1.64. The predicted molar refractivity (Wildman–Crippen MR) is 118 cm³/mol. The molecular formula is C21H20ClN3O5S. The van der Waals surface area contributed by atoms with Crippen molar-refractivity contribution >= 4 is 35.0 Å². The summed E-state index contributed by atoms with van der Waals surface area (Å²) in [5.74, 6) is -0.421. The standard InChI is InChI=1S/C21H20ClN3O5S/c1-14(26)30-18-5-3-2-4-17(18)19(27)23-12-15-6-8-16(9-7-15)13-24-20(28)25(11-10-22)31-21(24)29/h2-9H,10-13H2,1H3,(H,23,27). The first kappa shape index (κ1) is 22.5. The molecule has 0 saturated carbocycles. The molecule has 31 heavy (non-hydrogen) atoms. The summed E-state index contributed by atoms with van der Waals surface area (Å²) in [4.78, 5) is 47.7. The molecular weight excluding hydrogens is 442 g/mol. The zero-order chi connectivity index (χ0) is 22.4. The number of aryl methyl sites for hydroxylation is 1. The lowest BCUT2D eigenvalue weighted by Gasteiger charge is -2.10. The molecule has 1 N–H and O–H groups in total. The third-order valence-electron chi connectivity index (χ3n) is 4.34. The summed E-state index contributed by atoms with van der Waals surface area (Å²) in [6.07, 6.45) is 0. The summed E-state index contributed by atoms with van der Waals surface area (Å²) in [5, 5.41) is 2.78. The molecule has 0 bridgehead atoms. The van der Waals surface area contributed by atoms with E-state index in [1.807, 2.05) is 12.1 Å². The van der Waals surface area contributed by atoms with Crippen molar-refractivity contribution in [3.63, 3.8) is 0 Å². The molecule has 162 valence electrons. The summed E-state index contributed by atoms with van der Waals surface area (Å²) in [6.45, 7) is 1.99. The van der Waals surface area contributed by atoms with Crippen LogP contribution in [0.4, 0.5) is 0 Å². The summed E-state index contributed by atoms with van der Waals surface area (Å²) in [7, 11) is 0. The lowest BCUT2D eigenvalue weighted by molar-refractivity contribution is -0.131. The van der Waals surface area contributed by atoms with Crippen molar-refractivity contribution in [2.45, 2.75) is 26.6 Å². The number of nitrogens with one attached hydrogen (secondary N) is 1. The zero-order valence-electron chi connectivity index (χ0n) is 16.7. The van der Waals surface area contributed by atoms with Crippen LogP contribution in [0.1, 0.15) is 28.4 Å². The highest BCUT2D eigenvalue weighted by Gasteiger charge is 2.14. The molecule has 1 heterocycles. The molecule has 0 aliphatic rings. The number of ether oxygens (including phenoxy) is 1. The van der Waals surface area contributed by atoms with Crippen molar-refractivity contribution in [3.8, 4) is 5.75 Å². The second-order valence-corrected chi connectivity index (χ2v) is 7.96. The van der Waals surface area contributed by atoms with E-state index in [0.717, 1.165) is 22.7 Å². The topological polar surface area (TPSA) is 99.4 Å². The van der Waals surface area contributed by atoms with E-state index in [2.05, 4.69) is 5.32 Å². The average molecular weight is 462 g/mol. The second kappa shape index (κ2) is 10.2. The van der Waals surface area contributed by atoms with Gasteiger partial charge in [0.2, 0.25) is 0 Å². The maximum atomic E-state index is 12.5. The number of esters is 1. The molecule has 0 spiro atoms. The van der Waals surface area contributed by atoms with Gasteiger partial charge in [0.05, 0.1) is 18.7 Å². The lowest BCUT2D eigenvalue weighted by atomic mass is 10.1. The normalized spacial score (nSPS) is 10.6. The molecule has 0 fully saturated rings. The largest absolute Gasteiger partial charge is 0.426 e. The molecule has 10 heteroatoms. The minimum atomic E-state index is -0.505. The van der Waals surface area contributed by atoms with E-state index in [1.54, 1.807) is 36.4 Å². The Kier molecular flexibility index (Phi) is 7.43. The first-order valence-electron chi connectivity index (χ1n) is 9.39. The number of hydrogen-bond acceptors (Lipinski definition) is 6. The van der Waals surface area contributed by atoms with Gasteiger partial charge in [0, 0.05) is 30.9 Å². The fraction of sp³-hybridized carbons (Fsp3) is 0.238. The van der Waals surface area contributed by atoms with E-state index in [1.165, 1.54) is 15.4 Å². The molecule has 8 nitrogen and oxygen atoms in total. The van der Waals surface area contributed by atoms with Crippen molar-refractivity contribution in [1.29, 1.82) is 0 Å². The number of halogens is 1. The summed E-state index contributed by atoms with van der Waals surface area (Å²) < 4.78 is 7.57. The van der Waals surface area contributed by atoms with Crippen LogP contribution in [0.25, 0.3) is 0 Å². The van der Waals surface area contributed by atoms with Crippen LogP contribution in [0.3, 0.4) is 0 Å². The number of para-hydroxylation sites is 1. The number of rotatable bonds is 8. The second-order valence-electron chi connectivity index (χ2n) is 6.61. The minimum Gasteiger partial charge on any atom is -0.426 e. The Bertz CT molecular complexity index is 1200. The molecule has 0 aliphatic heterocycles. The molecule has 3 aromatic rings. The highest BCUT2D eigenvalue weighted by molar-refractivity contribution is 7.03. The Morgan fingerprint density at radius 2 is 1.74 bits per heavy atom. The monoisotopic (exact) mass is 461 g/mol. The van der Waals surface area contributed by atoms with Crippen molar-refractivity contribution in [1.82, 2.24) is 13.8 Å². The number of nitrogens with zero attached hydrogens (tertiary/aromatic N) is 2. The number of carbonyl (C=O) groups excluding carboxylic acids is 2. The SMILES string of the molecule is CC(=O)Oc1ccccc1C(=O)NCc1ccc(Cn2c(=O)sn(CCCl)c2=O)cc1. The summed E-state index contributed by atoms with van der Waals surface area (Å²) in [6, 6.07) is 13.7. The summed E-state index contributed by atoms with van der Waals surface area (Å²) in [5.41, 5.74) is 1.50. The number of carbonyl (C=O) groups is 2. The molecule has 2 aromatic carbocycles. The first-order chi connectivity index (χ1) is 14.9. The van der Waals surface area contributed by atoms with Gasteiger partial charge in [-0.2, -0.15) is 0 Å². The van der Waals surface area contributed by atoms with Gasteiger partial charge in [0.15, 0.2) is 0 Å². The lowest BCUT2D eigenvalue weighted by Crippen LogP contribution is -2.29. The first-order valence-corrected chi connectivity index (χ1v) is 10.7. The number of aromatic nitrogens is 2. The Labute approximate surface area is 186 Å². The van der Waals surface area contributed by atoms with Gasteiger partial charge in [-0.15, -0.1) is 11.6 Å². The predicted octanol–water partition coefficient (Wildman–Crippen LogP) is 2.21. The van der Waals surface area contributed by atoms with Crippen LogP contribution in [0.2, 0.25) is 0 Å². The van der Waals surface area contributed by atoms with Gasteiger partial charge in [0.25, 0.3) is 5.91 Å². The molecule has 0 atom stereocenters. The molecule has 0 unspecified atom stereocenters. The van der Waals surface area contributed by atoms with Crippen LogP contribution >= 0.6 is 23.1 Å². The average Bonchev–Trinajstić information content (AvgIpc) is 3.00. The van der Waals surface area contributed by atoms with Crippen LogP contribution in [0.5, 0.6) is 5.75 Å². The van der Waals surface area contributed by atoms with E-state index >= 15 is 0 Å². The van der Waals surface area contributed by atoms with Crippen molar-refractivity contribution in [2.24, 2.45) is 0 Å². The van der Waals surface area contributed by atoms with Gasteiger partial charge in [0.1, 0.15) is 5.75 Å². The van der Waals surface area contributed by atoms with Gasteiger partial charge in [-0.05, 0) is 23.3 Å². The highest BCUT2D eigenvalue weighted by atomic mass is 35.5. The van der Waals surface area contributed by atoms with E-state index in [9.17, 15) is 19.2 Å². The van der Waals surface area contributed by atoms with Crippen molar-refractivity contribution in [2.75, 3.05) is 5.88 Å². The molecule has 3 rings (SSSR count). The van der Waals surface area contributed by atoms with Crippen molar-refractivity contribution < 1.29 is 14.3 Å². The third-order valence-corrected chi connectivity index (χ3v) is 5.45. The quantitative estimate of drug-likeness (QED) is 0.315. The third kappa shape index (κ3) is 5.71. The minimum absolute atomic E-state index is 0.159. The maximum absolute atomic E-state index is 12.5. The van der Waals surface area contributed by atoms with E-state index in [0.29, 0.717) is 6.54 Å². The van der Waals surface area contributed by atoms with Crippen LogP contribution in [-0.4, -0.2) is 26.3 Å². The summed E-state index contributed by atoms with van der Waals surface area (Å²) >= 11 is 6.50. The van der Waals surface area contributed by atoms with Crippen LogP contribution in [-0.2, 0) is 24.4 Å². The number of alkyl halides is 1. The van der Waals surface area contributed by atoms with E-state index in [-0.39, 0.29) is 46.8 Å². The van der Waals surface area contributed by atoms with Crippen LogP contribution in [0, 0.1) is 0 Å². The Hall–Kier alpha value is -3.17. The number of amides is 1. The number of benzene rings is 2. The van der Waals surface area contributed by atoms with Gasteiger partial charge < -0.3 is 10.1 Å². The maximum Gasteiger partial charge on any atom is 0.341 e. The van der Waals surface area contributed by atoms with Gasteiger partial charge in [-0.1, -0.05) is 36.4 Å². The molecule has 0 aliphatic carbocycles. The molecule has 1 amide bonds. The number of hydrogen-bond donors (Lipinski definition) is 1. The van der Waals surface area contributed by atoms with Crippen LogP contribution < -0.4 is 20.6 Å².